The number of rotatable bonds is 12. The van der Waals surface area contributed by atoms with E-state index in [0.29, 0.717) is 0 Å². The van der Waals surface area contributed by atoms with Crippen molar-refractivity contribution in [2.75, 3.05) is 5.75 Å². The molecule has 0 radical (unpaired) electrons. The van der Waals surface area contributed by atoms with Crippen LogP contribution in [0.2, 0.25) is 0 Å². The summed E-state index contributed by atoms with van der Waals surface area (Å²) in [5, 5.41) is 0. The molecule has 3 aromatic carbocycles. The minimum absolute atomic E-state index is 0.865. The van der Waals surface area contributed by atoms with Gasteiger partial charge in [-0.05, 0) is 35.4 Å². The van der Waals surface area contributed by atoms with Gasteiger partial charge in [-0.2, -0.15) is 0 Å². The summed E-state index contributed by atoms with van der Waals surface area (Å²) in [4.78, 5) is 8.74. The van der Waals surface area contributed by atoms with Crippen LogP contribution in [-0.2, 0) is 26.2 Å². The SMILES string of the molecule is CCCCn1c(CN(Cc2ccccc2)Cc2ccc(SCC)cc2)cnc1-c1ccccc1. The van der Waals surface area contributed by atoms with Crippen LogP contribution in [0, 0.1) is 0 Å². The normalized spacial score (nSPS) is 11.3. The molecule has 0 aliphatic carbocycles. The fourth-order valence-corrected chi connectivity index (χ4v) is 4.94. The Hall–Kier alpha value is -2.82. The average molecular weight is 470 g/mol. The minimum Gasteiger partial charge on any atom is -0.327 e. The van der Waals surface area contributed by atoms with E-state index in [0.717, 1.165) is 44.2 Å². The first-order valence-corrected chi connectivity index (χ1v) is 13.3. The Balaban J connectivity index is 1.60. The zero-order chi connectivity index (χ0) is 23.6. The van der Waals surface area contributed by atoms with Crippen LogP contribution in [-0.4, -0.2) is 20.2 Å². The van der Waals surface area contributed by atoms with Gasteiger partial charge < -0.3 is 4.57 Å². The molecule has 0 aliphatic heterocycles. The van der Waals surface area contributed by atoms with Crippen LogP contribution in [0.25, 0.3) is 11.4 Å². The van der Waals surface area contributed by atoms with Crippen LogP contribution in [0.1, 0.15) is 43.5 Å². The Labute approximate surface area is 208 Å². The van der Waals surface area contributed by atoms with Crippen molar-refractivity contribution in [2.24, 2.45) is 0 Å². The Kier molecular flexibility index (Phi) is 9.00. The van der Waals surface area contributed by atoms with Gasteiger partial charge in [0.2, 0.25) is 0 Å². The van der Waals surface area contributed by atoms with Gasteiger partial charge in [-0.1, -0.05) is 93.1 Å². The fraction of sp³-hybridized carbons (Fsp3) is 0.300. The average Bonchev–Trinajstić information content (AvgIpc) is 3.27. The first-order valence-electron chi connectivity index (χ1n) is 12.3. The summed E-state index contributed by atoms with van der Waals surface area (Å²) in [6.07, 6.45) is 4.40. The summed E-state index contributed by atoms with van der Waals surface area (Å²) in [5.41, 5.74) is 5.15. The molecule has 0 fully saturated rings. The molecule has 0 N–H and O–H groups in total. The van der Waals surface area contributed by atoms with Crippen molar-refractivity contribution < 1.29 is 0 Å². The van der Waals surface area contributed by atoms with Gasteiger partial charge in [0.15, 0.2) is 0 Å². The third-order valence-corrected chi connectivity index (χ3v) is 6.87. The number of thioether (sulfide) groups is 1. The van der Waals surface area contributed by atoms with Crippen molar-refractivity contribution in [3.05, 3.63) is 108 Å². The van der Waals surface area contributed by atoms with E-state index in [1.807, 2.05) is 11.8 Å². The van der Waals surface area contributed by atoms with E-state index in [1.165, 1.54) is 33.7 Å². The second-order valence-corrected chi connectivity index (χ2v) is 9.99. The molecule has 1 aromatic heterocycles. The molecule has 0 amide bonds. The maximum atomic E-state index is 4.87. The van der Waals surface area contributed by atoms with E-state index in [2.05, 4.69) is 114 Å². The molecule has 1 heterocycles. The predicted molar refractivity (Wildman–Crippen MR) is 145 cm³/mol. The first kappa shape index (κ1) is 24.3. The van der Waals surface area contributed by atoms with Crippen LogP contribution >= 0.6 is 11.8 Å². The highest BCUT2D eigenvalue weighted by Gasteiger charge is 2.16. The van der Waals surface area contributed by atoms with E-state index in [-0.39, 0.29) is 0 Å². The summed E-state index contributed by atoms with van der Waals surface area (Å²) in [7, 11) is 0. The lowest BCUT2D eigenvalue weighted by Gasteiger charge is -2.24. The summed E-state index contributed by atoms with van der Waals surface area (Å²) in [6.45, 7) is 8.13. The Morgan fingerprint density at radius 3 is 2.06 bits per heavy atom. The van der Waals surface area contributed by atoms with Gasteiger partial charge in [-0.25, -0.2) is 4.98 Å². The Morgan fingerprint density at radius 1 is 0.765 bits per heavy atom. The lowest BCUT2D eigenvalue weighted by Crippen LogP contribution is -2.24. The smallest absolute Gasteiger partial charge is 0.140 e. The van der Waals surface area contributed by atoms with Gasteiger partial charge in [0.25, 0.3) is 0 Å². The molecule has 176 valence electrons. The second kappa shape index (κ2) is 12.6. The summed E-state index contributed by atoms with van der Waals surface area (Å²) in [6, 6.07) is 30.4. The number of aromatic nitrogens is 2. The molecule has 0 saturated carbocycles. The van der Waals surface area contributed by atoms with E-state index in [4.69, 9.17) is 4.98 Å². The topological polar surface area (TPSA) is 21.1 Å². The fourth-order valence-electron chi connectivity index (χ4n) is 4.27. The van der Waals surface area contributed by atoms with Gasteiger partial charge in [0, 0.05) is 36.6 Å². The molecule has 3 nitrogen and oxygen atoms in total. The molecule has 0 aliphatic rings. The van der Waals surface area contributed by atoms with Gasteiger partial charge in [-0.3, -0.25) is 4.90 Å². The van der Waals surface area contributed by atoms with Crippen LogP contribution in [0.4, 0.5) is 0 Å². The van der Waals surface area contributed by atoms with Crippen LogP contribution in [0.5, 0.6) is 0 Å². The Morgan fingerprint density at radius 2 is 1.41 bits per heavy atom. The van der Waals surface area contributed by atoms with Crippen molar-refractivity contribution in [1.29, 1.82) is 0 Å². The molecule has 4 heteroatoms. The third-order valence-electron chi connectivity index (χ3n) is 5.98. The molecular weight excluding hydrogens is 434 g/mol. The molecule has 0 saturated heterocycles. The minimum atomic E-state index is 0.865. The van der Waals surface area contributed by atoms with Gasteiger partial charge >= 0.3 is 0 Å². The molecule has 34 heavy (non-hydrogen) atoms. The molecule has 4 rings (SSSR count). The van der Waals surface area contributed by atoms with E-state index < -0.39 is 0 Å². The third kappa shape index (κ3) is 6.62. The number of unbranched alkanes of at least 4 members (excludes halogenated alkanes) is 1. The van der Waals surface area contributed by atoms with Crippen LogP contribution in [0.3, 0.4) is 0 Å². The van der Waals surface area contributed by atoms with Gasteiger partial charge in [0.05, 0.1) is 11.9 Å². The van der Waals surface area contributed by atoms with E-state index in [1.54, 1.807) is 0 Å². The standard InChI is InChI=1S/C30H35N3S/c1-3-5-20-33-28(21-31-30(33)27-14-10-7-11-15-27)24-32(22-25-12-8-6-9-13-25)23-26-16-18-29(19-17-26)34-4-2/h6-19,21H,3-5,20,22-24H2,1-2H3. The second-order valence-electron chi connectivity index (χ2n) is 8.65. The van der Waals surface area contributed by atoms with Crippen molar-refractivity contribution in [3.63, 3.8) is 0 Å². The van der Waals surface area contributed by atoms with E-state index >= 15 is 0 Å². The summed E-state index contributed by atoms with van der Waals surface area (Å²) in [5.74, 6) is 2.18. The number of imidazole rings is 1. The molecule has 0 spiro atoms. The number of hydrogen-bond acceptors (Lipinski definition) is 3. The monoisotopic (exact) mass is 469 g/mol. The van der Waals surface area contributed by atoms with Crippen molar-refractivity contribution >= 4 is 11.8 Å². The molecule has 4 aromatic rings. The maximum Gasteiger partial charge on any atom is 0.140 e. The molecule has 0 unspecified atom stereocenters. The number of benzene rings is 3. The van der Waals surface area contributed by atoms with Gasteiger partial charge in [-0.15, -0.1) is 11.8 Å². The zero-order valence-corrected chi connectivity index (χ0v) is 21.2. The number of hydrogen-bond donors (Lipinski definition) is 0. The molecule has 0 bridgehead atoms. The van der Waals surface area contributed by atoms with Crippen molar-refractivity contribution in [1.82, 2.24) is 14.5 Å². The predicted octanol–water partition coefficient (Wildman–Crippen LogP) is 7.66. The number of nitrogens with zero attached hydrogens (tertiary/aromatic N) is 3. The lowest BCUT2D eigenvalue weighted by molar-refractivity contribution is 0.241. The van der Waals surface area contributed by atoms with Crippen molar-refractivity contribution in [2.45, 2.75) is 57.8 Å². The summed E-state index contributed by atoms with van der Waals surface area (Å²) >= 11 is 1.89. The highest BCUT2D eigenvalue weighted by molar-refractivity contribution is 7.99. The summed E-state index contributed by atoms with van der Waals surface area (Å²) < 4.78 is 2.43. The maximum absolute atomic E-state index is 4.87. The lowest BCUT2D eigenvalue weighted by atomic mass is 10.1. The highest BCUT2D eigenvalue weighted by Crippen LogP contribution is 2.24. The Bertz CT molecular complexity index is 1120. The van der Waals surface area contributed by atoms with Crippen LogP contribution < -0.4 is 0 Å². The largest absolute Gasteiger partial charge is 0.327 e. The zero-order valence-electron chi connectivity index (χ0n) is 20.4. The molecular formula is C30H35N3S. The first-order chi connectivity index (χ1) is 16.8. The van der Waals surface area contributed by atoms with E-state index in [9.17, 15) is 0 Å². The van der Waals surface area contributed by atoms with Gasteiger partial charge in [0.1, 0.15) is 5.82 Å². The quantitative estimate of drug-likeness (QED) is 0.199. The van der Waals surface area contributed by atoms with Crippen LogP contribution in [0.15, 0.2) is 96.0 Å². The molecule has 0 atom stereocenters. The highest BCUT2D eigenvalue weighted by atomic mass is 32.2. The van der Waals surface area contributed by atoms with Crippen molar-refractivity contribution in [3.8, 4) is 11.4 Å².